The van der Waals surface area contributed by atoms with Gasteiger partial charge in [-0.1, -0.05) is 0 Å². The van der Waals surface area contributed by atoms with Crippen LogP contribution in [-0.4, -0.2) is 31.8 Å². The van der Waals surface area contributed by atoms with Crippen molar-refractivity contribution in [1.82, 2.24) is 0 Å². The summed E-state index contributed by atoms with van der Waals surface area (Å²) in [5, 5.41) is 2.59. The molecule has 0 radical (unpaired) electrons. The van der Waals surface area contributed by atoms with Crippen molar-refractivity contribution in [3.63, 3.8) is 0 Å². The van der Waals surface area contributed by atoms with Gasteiger partial charge in [0.1, 0.15) is 0 Å². The molecule has 0 heterocycles. The highest BCUT2D eigenvalue weighted by Gasteiger charge is 2.16. The molecule has 2 amide bonds. The van der Waals surface area contributed by atoms with Crippen LogP contribution >= 0.6 is 12.6 Å². The van der Waals surface area contributed by atoms with Gasteiger partial charge in [0, 0.05) is 12.5 Å². The number of hydrogen-bond acceptors (Lipinski definition) is 5. The molecule has 0 unspecified atom stereocenters. The summed E-state index contributed by atoms with van der Waals surface area (Å²) in [5.74, 6) is 0.245. The summed E-state index contributed by atoms with van der Waals surface area (Å²) < 4.78 is 10.2. The van der Waals surface area contributed by atoms with Crippen LogP contribution in [0.5, 0.6) is 11.5 Å². The Morgan fingerprint density at radius 1 is 1.26 bits per heavy atom. The second-order valence-corrected chi connectivity index (χ2v) is 4.09. The van der Waals surface area contributed by atoms with Crippen LogP contribution in [0.3, 0.4) is 0 Å². The van der Waals surface area contributed by atoms with Crippen LogP contribution in [0, 0.1) is 0 Å². The third kappa shape index (κ3) is 3.78. The zero-order valence-corrected chi connectivity index (χ0v) is 11.6. The minimum atomic E-state index is -0.665. The van der Waals surface area contributed by atoms with Gasteiger partial charge in [-0.3, -0.25) is 9.59 Å². The second-order valence-electron chi connectivity index (χ2n) is 3.64. The molecule has 0 saturated carbocycles. The van der Waals surface area contributed by atoms with Crippen molar-refractivity contribution in [2.45, 2.75) is 6.42 Å². The van der Waals surface area contributed by atoms with Crippen LogP contribution in [0.15, 0.2) is 12.1 Å². The minimum Gasteiger partial charge on any atom is -0.493 e. The molecule has 1 rings (SSSR count). The number of ether oxygens (including phenoxy) is 2. The maximum absolute atomic E-state index is 11.6. The van der Waals surface area contributed by atoms with Gasteiger partial charge in [-0.05, 0) is 11.8 Å². The Morgan fingerprint density at radius 3 is 2.32 bits per heavy atom. The molecule has 19 heavy (non-hydrogen) atoms. The maximum atomic E-state index is 11.6. The highest BCUT2D eigenvalue weighted by atomic mass is 32.1. The summed E-state index contributed by atoms with van der Waals surface area (Å²) >= 11 is 3.97. The van der Waals surface area contributed by atoms with E-state index in [9.17, 15) is 9.59 Å². The number of amides is 2. The van der Waals surface area contributed by atoms with Crippen molar-refractivity contribution in [2.24, 2.45) is 5.73 Å². The van der Waals surface area contributed by atoms with Crippen molar-refractivity contribution < 1.29 is 19.1 Å². The molecule has 1 aromatic rings. The van der Waals surface area contributed by atoms with E-state index in [0.29, 0.717) is 17.3 Å². The standard InChI is InChI=1S/C12H16N2O4S/c1-17-9-5-7(12(13)16)8(6-10(9)18-2)14-11(15)3-4-19/h5-6,19H,3-4H2,1-2H3,(H2,13,16)(H,14,15). The van der Waals surface area contributed by atoms with E-state index in [4.69, 9.17) is 15.2 Å². The highest BCUT2D eigenvalue weighted by Crippen LogP contribution is 2.33. The van der Waals surface area contributed by atoms with Crippen LogP contribution in [0.25, 0.3) is 0 Å². The molecule has 7 heteroatoms. The largest absolute Gasteiger partial charge is 0.493 e. The number of thiol groups is 1. The molecular formula is C12H16N2O4S. The lowest BCUT2D eigenvalue weighted by Gasteiger charge is -2.13. The van der Waals surface area contributed by atoms with Gasteiger partial charge in [0.05, 0.1) is 25.5 Å². The van der Waals surface area contributed by atoms with Crippen molar-refractivity contribution in [3.8, 4) is 11.5 Å². The van der Waals surface area contributed by atoms with Gasteiger partial charge < -0.3 is 20.5 Å². The van der Waals surface area contributed by atoms with Gasteiger partial charge in [-0.2, -0.15) is 12.6 Å². The predicted molar refractivity (Wildman–Crippen MR) is 75.2 cm³/mol. The monoisotopic (exact) mass is 284 g/mol. The molecule has 0 bridgehead atoms. The third-order valence-corrected chi connectivity index (χ3v) is 2.63. The molecule has 0 spiro atoms. The smallest absolute Gasteiger partial charge is 0.250 e. The summed E-state index contributed by atoms with van der Waals surface area (Å²) in [6.45, 7) is 0. The Labute approximate surface area is 116 Å². The molecule has 3 N–H and O–H groups in total. The van der Waals surface area contributed by atoms with E-state index in [-0.39, 0.29) is 23.6 Å². The molecule has 104 valence electrons. The first-order valence-electron chi connectivity index (χ1n) is 5.50. The first-order chi connectivity index (χ1) is 9.03. The summed E-state index contributed by atoms with van der Waals surface area (Å²) in [6.07, 6.45) is 0.232. The fourth-order valence-corrected chi connectivity index (χ4v) is 1.70. The Bertz CT molecular complexity index is 491. The van der Waals surface area contributed by atoms with Crippen molar-refractivity contribution in [3.05, 3.63) is 17.7 Å². The average molecular weight is 284 g/mol. The van der Waals surface area contributed by atoms with E-state index in [1.54, 1.807) is 0 Å². The van der Waals surface area contributed by atoms with Crippen molar-refractivity contribution >= 4 is 30.1 Å². The van der Waals surface area contributed by atoms with E-state index in [1.807, 2.05) is 0 Å². The number of carbonyl (C=O) groups is 2. The number of anilines is 1. The van der Waals surface area contributed by atoms with Gasteiger partial charge in [0.25, 0.3) is 5.91 Å². The molecule has 0 saturated heterocycles. The lowest BCUT2D eigenvalue weighted by molar-refractivity contribution is -0.115. The number of nitrogens with one attached hydrogen (secondary N) is 1. The molecular weight excluding hydrogens is 268 g/mol. The molecule has 0 aromatic heterocycles. The SMILES string of the molecule is COc1cc(NC(=O)CCS)c(C(N)=O)cc1OC. The van der Waals surface area contributed by atoms with Crippen LogP contribution in [0.1, 0.15) is 16.8 Å². The van der Waals surface area contributed by atoms with Gasteiger partial charge in [0.2, 0.25) is 5.91 Å². The van der Waals surface area contributed by atoms with Crippen molar-refractivity contribution in [1.29, 1.82) is 0 Å². The predicted octanol–water partition coefficient (Wildman–Crippen LogP) is 1.06. The molecule has 0 aliphatic heterocycles. The Hall–Kier alpha value is -1.89. The number of rotatable bonds is 6. The lowest BCUT2D eigenvalue weighted by atomic mass is 10.1. The average Bonchev–Trinajstić information content (AvgIpc) is 2.38. The summed E-state index contributed by atoms with van der Waals surface area (Å²) in [7, 11) is 2.91. The quantitative estimate of drug-likeness (QED) is 0.681. The van der Waals surface area contributed by atoms with E-state index in [2.05, 4.69) is 17.9 Å². The molecule has 1 aromatic carbocycles. The van der Waals surface area contributed by atoms with Crippen molar-refractivity contribution in [2.75, 3.05) is 25.3 Å². The van der Waals surface area contributed by atoms with Gasteiger partial charge in [0.15, 0.2) is 11.5 Å². The Balaban J connectivity index is 3.19. The Kier molecular flexibility index (Phi) is 5.50. The van der Waals surface area contributed by atoms with E-state index in [1.165, 1.54) is 26.4 Å². The number of primary amides is 1. The highest BCUT2D eigenvalue weighted by molar-refractivity contribution is 7.80. The first kappa shape index (κ1) is 15.2. The normalized spacial score (nSPS) is 9.84. The molecule has 6 nitrogen and oxygen atoms in total. The third-order valence-electron chi connectivity index (χ3n) is 2.40. The van der Waals surface area contributed by atoms with Crippen LogP contribution < -0.4 is 20.5 Å². The second kappa shape index (κ2) is 6.89. The van der Waals surface area contributed by atoms with E-state index in [0.717, 1.165) is 0 Å². The lowest BCUT2D eigenvalue weighted by Crippen LogP contribution is -2.18. The molecule has 0 fully saturated rings. The molecule has 0 atom stereocenters. The molecule has 0 aliphatic rings. The summed E-state index contributed by atoms with van der Waals surface area (Å²) in [4.78, 5) is 22.9. The number of carbonyl (C=O) groups excluding carboxylic acids is 2. The van der Waals surface area contributed by atoms with E-state index < -0.39 is 5.91 Å². The number of benzene rings is 1. The number of methoxy groups -OCH3 is 2. The van der Waals surface area contributed by atoms with E-state index >= 15 is 0 Å². The fourth-order valence-electron chi connectivity index (χ4n) is 1.50. The van der Waals surface area contributed by atoms with Gasteiger partial charge >= 0.3 is 0 Å². The zero-order chi connectivity index (χ0) is 14.4. The molecule has 0 aliphatic carbocycles. The van der Waals surface area contributed by atoms with Crippen LogP contribution in [-0.2, 0) is 4.79 Å². The summed E-state index contributed by atoms with van der Waals surface area (Å²) in [5.41, 5.74) is 5.72. The number of hydrogen-bond donors (Lipinski definition) is 3. The minimum absolute atomic E-state index is 0.158. The van der Waals surface area contributed by atoms with Crippen LogP contribution in [0.2, 0.25) is 0 Å². The Morgan fingerprint density at radius 2 is 1.84 bits per heavy atom. The zero-order valence-electron chi connectivity index (χ0n) is 10.7. The number of nitrogens with two attached hydrogens (primary N) is 1. The fraction of sp³-hybridized carbons (Fsp3) is 0.333. The topological polar surface area (TPSA) is 90.6 Å². The first-order valence-corrected chi connectivity index (χ1v) is 6.13. The van der Waals surface area contributed by atoms with Gasteiger partial charge in [-0.25, -0.2) is 0 Å². The maximum Gasteiger partial charge on any atom is 0.250 e. The van der Waals surface area contributed by atoms with Gasteiger partial charge in [-0.15, -0.1) is 0 Å². The van der Waals surface area contributed by atoms with Crippen LogP contribution in [0.4, 0.5) is 5.69 Å². The summed E-state index contributed by atoms with van der Waals surface area (Å²) in [6, 6.07) is 2.92.